The van der Waals surface area contributed by atoms with Gasteiger partial charge < -0.3 is 10.4 Å². The molecule has 0 fully saturated rings. The van der Waals surface area contributed by atoms with Gasteiger partial charge in [0.15, 0.2) is 0 Å². The van der Waals surface area contributed by atoms with E-state index in [1.807, 2.05) is 31.0 Å². The van der Waals surface area contributed by atoms with Crippen molar-refractivity contribution in [2.24, 2.45) is 0 Å². The fourth-order valence-electron chi connectivity index (χ4n) is 1.64. The Morgan fingerprint density at radius 3 is 2.79 bits per heavy atom. The Morgan fingerprint density at radius 1 is 1.53 bits per heavy atom. The smallest absolute Gasteiger partial charge is 0.238 e. The number of rotatable bonds is 6. The summed E-state index contributed by atoms with van der Waals surface area (Å²) in [6.07, 6.45) is 0.298. The van der Waals surface area contributed by atoms with Crippen molar-refractivity contribution >= 4 is 23.2 Å². The number of hydrogen-bond acceptors (Lipinski definition) is 3. The first-order valence-corrected chi connectivity index (χ1v) is 6.69. The summed E-state index contributed by atoms with van der Waals surface area (Å²) >= 11 is 6.05. The van der Waals surface area contributed by atoms with E-state index in [9.17, 15) is 9.90 Å². The number of benzene rings is 1. The predicted molar refractivity (Wildman–Crippen MR) is 78.6 cm³/mol. The number of carbonyl (C=O) groups is 1. The van der Waals surface area contributed by atoms with Gasteiger partial charge in [0.25, 0.3) is 0 Å². The Hall–Kier alpha value is -1.10. The number of anilines is 1. The first-order valence-electron chi connectivity index (χ1n) is 6.31. The summed E-state index contributed by atoms with van der Waals surface area (Å²) in [7, 11) is 1.85. The molecule has 0 spiro atoms. The summed E-state index contributed by atoms with van der Waals surface area (Å²) in [6, 6.07) is 5.51. The summed E-state index contributed by atoms with van der Waals surface area (Å²) in [5.74, 6) is -0.112. The van der Waals surface area contributed by atoms with Crippen LogP contribution < -0.4 is 5.32 Å². The van der Waals surface area contributed by atoms with E-state index in [-0.39, 0.29) is 18.6 Å². The molecule has 1 aromatic carbocycles. The highest BCUT2D eigenvalue weighted by Gasteiger charge is 2.09. The summed E-state index contributed by atoms with van der Waals surface area (Å²) in [6.45, 7) is 4.63. The van der Waals surface area contributed by atoms with Crippen molar-refractivity contribution in [3.63, 3.8) is 0 Å². The van der Waals surface area contributed by atoms with Crippen molar-refractivity contribution in [2.75, 3.05) is 25.5 Å². The van der Waals surface area contributed by atoms with Crippen LogP contribution in [0.5, 0.6) is 0 Å². The van der Waals surface area contributed by atoms with Gasteiger partial charge in [-0.1, -0.05) is 17.7 Å². The minimum atomic E-state index is -0.350. The number of aryl methyl sites for hydroxylation is 1. The monoisotopic (exact) mass is 284 g/mol. The lowest BCUT2D eigenvalue weighted by molar-refractivity contribution is -0.117. The fraction of sp³-hybridized carbons (Fsp3) is 0.500. The number of carbonyl (C=O) groups excluding carboxylic acids is 1. The maximum atomic E-state index is 11.8. The van der Waals surface area contributed by atoms with Crippen LogP contribution in [0.25, 0.3) is 0 Å². The number of halogens is 1. The highest BCUT2D eigenvalue weighted by molar-refractivity contribution is 6.33. The largest absolute Gasteiger partial charge is 0.393 e. The van der Waals surface area contributed by atoms with Crippen molar-refractivity contribution in [2.45, 2.75) is 26.4 Å². The molecule has 4 nitrogen and oxygen atoms in total. The van der Waals surface area contributed by atoms with Gasteiger partial charge in [0.2, 0.25) is 5.91 Å². The quantitative estimate of drug-likeness (QED) is 0.843. The number of aliphatic hydroxyl groups excluding tert-OH is 1. The average Bonchev–Trinajstić information content (AvgIpc) is 2.30. The Kier molecular flexibility index (Phi) is 6.28. The van der Waals surface area contributed by atoms with Gasteiger partial charge in [-0.2, -0.15) is 0 Å². The highest BCUT2D eigenvalue weighted by atomic mass is 35.5. The summed E-state index contributed by atoms with van der Waals surface area (Å²) in [5, 5.41) is 12.5. The molecule has 0 heterocycles. The van der Waals surface area contributed by atoms with Gasteiger partial charge >= 0.3 is 0 Å². The van der Waals surface area contributed by atoms with Crippen molar-refractivity contribution in [3.05, 3.63) is 28.8 Å². The van der Waals surface area contributed by atoms with Crippen LogP contribution in [0.2, 0.25) is 5.02 Å². The Labute approximate surface area is 119 Å². The second-order valence-corrected chi connectivity index (χ2v) is 5.31. The normalized spacial score (nSPS) is 12.5. The van der Waals surface area contributed by atoms with E-state index < -0.39 is 0 Å². The van der Waals surface area contributed by atoms with Crippen LogP contribution in [0, 0.1) is 6.92 Å². The molecule has 0 saturated heterocycles. The van der Waals surface area contributed by atoms with Crippen LogP contribution in [0.1, 0.15) is 18.9 Å². The topological polar surface area (TPSA) is 52.6 Å². The van der Waals surface area contributed by atoms with Gasteiger partial charge in [-0.15, -0.1) is 0 Å². The van der Waals surface area contributed by atoms with Crippen molar-refractivity contribution in [1.82, 2.24) is 4.90 Å². The summed E-state index contributed by atoms with van der Waals surface area (Å²) in [4.78, 5) is 13.7. The zero-order valence-corrected chi connectivity index (χ0v) is 12.4. The number of nitrogens with zero attached hydrogens (tertiary/aromatic N) is 1. The molecule has 1 unspecified atom stereocenters. The molecule has 1 rings (SSSR count). The van der Waals surface area contributed by atoms with E-state index in [1.54, 1.807) is 13.0 Å². The number of amides is 1. The molecule has 1 atom stereocenters. The van der Waals surface area contributed by atoms with Crippen molar-refractivity contribution < 1.29 is 9.90 Å². The van der Waals surface area contributed by atoms with Gasteiger partial charge in [0, 0.05) is 6.54 Å². The van der Waals surface area contributed by atoms with Crippen LogP contribution >= 0.6 is 11.6 Å². The highest BCUT2D eigenvalue weighted by Crippen LogP contribution is 2.22. The van der Waals surface area contributed by atoms with E-state index in [1.165, 1.54) is 0 Å². The van der Waals surface area contributed by atoms with Gasteiger partial charge in [0.1, 0.15) is 0 Å². The molecule has 106 valence electrons. The van der Waals surface area contributed by atoms with E-state index in [0.717, 1.165) is 5.56 Å². The van der Waals surface area contributed by atoms with Crippen molar-refractivity contribution in [1.29, 1.82) is 0 Å². The molecule has 2 N–H and O–H groups in total. The van der Waals surface area contributed by atoms with Gasteiger partial charge in [-0.3, -0.25) is 9.69 Å². The first-order chi connectivity index (χ1) is 8.88. The molecule has 1 aromatic rings. The lowest BCUT2D eigenvalue weighted by Gasteiger charge is -2.17. The maximum absolute atomic E-state index is 11.8. The first kappa shape index (κ1) is 16.0. The molecule has 0 aliphatic carbocycles. The average molecular weight is 285 g/mol. The number of nitrogens with one attached hydrogen (secondary N) is 1. The molecule has 19 heavy (non-hydrogen) atoms. The Bertz CT molecular complexity index is 435. The standard InChI is InChI=1S/C14H21ClN2O2/c1-10-4-5-13(12(15)8-10)16-14(19)9-17(3)7-6-11(2)18/h4-5,8,11,18H,6-7,9H2,1-3H3,(H,16,19). The minimum absolute atomic E-state index is 0.112. The molecular formula is C14H21ClN2O2. The number of likely N-dealkylation sites (N-methyl/N-ethyl adjacent to an activating group) is 1. The van der Waals surface area contributed by atoms with Crippen LogP contribution in [0.15, 0.2) is 18.2 Å². The second-order valence-electron chi connectivity index (χ2n) is 4.91. The summed E-state index contributed by atoms with van der Waals surface area (Å²) < 4.78 is 0. The molecule has 0 radical (unpaired) electrons. The molecule has 0 aliphatic rings. The van der Waals surface area contributed by atoms with E-state index >= 15 is 0 Å². The second kappa shape index (κ2) is 7.48. The molecule has 0 aliphatic heterocycles. The van der Waals surface area contributed by atoms with Crippen LogP contribution in [-0.4, -0.2) is 42.2 Å². The zero-order valence-electron chi connectivity index (χ0n) is 11.6. The zero-order chi connectivity index (χ0) is 14.4. The molecule has 0 aromatic heterocycles. The van der Waals surface area contributed by atoms with Crippen LogP contribution in [0.4, 0.5) is 5.69 Å². The third-order valence-corrected chi connectivity index (χ3v) is 3.05. The molecule has 1 amide bonds. The van der Waals surface area contributed by atoms with E-state index in [2.05, 4.69) is 5.32 Å². The Balaban J connectivity index is 2.46. The predicted octanol–water partition coefficient (Wildman–Crippen LogP) is 2.29. The van der Waals surface area contributed by atoms with Gasteiger partial charge in [-0.25, -0.2) is 0 Å². The van der Waals surface area contributed by atoms with Gasteiger partial charge in [0.05, 0.1) is 23.4 Å². The molecule has 5 heteroatoms. The minimum Gasteiger partial charge on any atom is -0.393 e. The van der Waals surface area contributed by atoms with E-state index in [4.69, 9.17) is 11.6 Å². The number of aliphatic hydroxyl groups is 1. The Morgan fingerprint density at radius 2 is 2.21 bits per heavy atom. The van der Waals surface area contributed by atoms with Crippen LogP contribution in [-0.2, 0) is 4.79 Å². The van der Waals surface area contributed by atoms with E-state index in [0.29, 0.717) is 23.7 Å². The summed E-state index contributed by atoms with van der Waals surface area (Å²) in [5.41, 5.74) is 1.68. The molecular weight excluding hydrogens is 264 g/mol. The van der Waals surface area contributed by atoms with Gasteiger partial charge in [-0.05, 0) is 45.0 Å². The maximum Gasteiger partial charge on any atom is 0.238 e. The third kappa shape index (κ3) is 6.05. The fourth-order valence-corrected chi connectivity index (χ4v) is 1.93. The third-order valence-electron chi connectivity index (χ3n) is 2.74. The molecule has 0 saturated carbocycles. The SMILES string of the molecule is Cc1ccc(NC(=O)CN(C)CCC(C)O)c(Cl)c1. The lowest BCUT2D eigenvalue weighted by atomic mass is 10.2. The van der Waals surface area contributed by atoms with Crippen molar-refractivity contribution in [3.8, 4) is 0 Å². The van der Waals surface area contributed by atoms with Crippen LogP contribution in [0.3, 0.4) is 0 Å². The molecule has 0 bridgehead atoms. The lowest BCUT2D eigenvalue weighted by Crippen LogP contribution is -2.32. The number of hydrogen-bond donors (Lipinski definition) is 2.